The SMILES string of the molecule is CSCC(C)(C)[C@H](N)C(=O)O.CSCC(C)(C)[C@H](N)C(=O)O.O=S. The van der Waals surface area contributed by atoms with E-state index in [1.807, 2.05) is 40.2 Å². The summed E-state index contributed by atoms with van der Waals surface area (Å²) < 4.78 is 7.83. The van der Waals surface area contributed by atoms with Crippen molar-refractivity contribution in [2.45, 2.75) is 39.8 Å². The molecule has 6 N–H and O–H groups in total. The summed E-state index contributed by atoms with van der Waals surface area (Å²) in [5, 5.41) is 17.2. The maximum atomic E-state index is 10.5. The van der Waals surface area contributed by atoms with Crippen molar-refractivity contribution in [1.29, 1.82) is 0 Å². The van der Waals surface area contributed by atoms with E-state index in [1.165, 1.54) is 0 Å². The fourth-order valence-electron chi connectivity index (χ4n) is 1.59. The van der Waals surface area contributed by atoms with Gasteiger partial charge in [-0.2, -0.15) is 27.7 Å². The summed E-state index contributed by atoms with van der Waals surface area (Å²) in [6.07, 6.45) is 3.88. The van der Waals surface area contributed by atoms with Gasteiger partial charge >= 0.3 is 11.9 Å². The Hall–Kier alpha value is -0.420. The van der Waals surface area contributed by atoms with Crippen molar-refractivity contribution in [3.8, 4) is 0 Å². The molecule has 0 radical (unpaired) electrons. The second-order valence-corrected chi connectivity index (χ2v) is 8.21. The van der Waals surface area contributed by atoms with E-state index in [1.54, 1.807) is 23.5 Å². The molecule has 2 atom stereocenters. The number of aliphatic carboxylic acids is 2. The lowest BCUT2D eigenvalue weighted by molar-refractivity contribution is -0.141. The summed E-state index contributed by atoms with van der Waals surface area (Å²) in [6.45, 7) is 7.45. The van der Waals surface area contributed by atoms with E-state index in [0.717, 1.165) is 11.5 Å². The number of thioether (sulfide) groups is 2. The third-order valence-electron chi connectivity index (χ3n) is 3.25. The van der Waals surface area contributed by atoms with Gasteiger partial charge < -0.3 is 21.7 Å². The van der Waals surface area contributed by atoms with Crippen LogP contribution in [0.15, 0.2) is 0 Å². The van der Waals surface area contributed by atoms with Crippen LogP contribution in [0.5, 0.6) is 0 Å². The average Bonchev–Trinajstić information content (AvgIpc) is 2.48. The zero-order valence-corrected chi connectivity index (χ0v) is 17.5. The third-order valence-corrected chi connectivity index (χ3v) is 5.31. The first-order valence-corrected chi connectivity index (χ1v) is 10.1. The van der Waals surface area contributed by atoms with Gasteiger partial charge in [-0.3, -0.25) is 9.59 Å². The average molecular weight is 403 g/mol. The number of hydrogen-bond donors (Lipinski definition) is 4. The van der Waals surface area contributed by atoms with E-state index in [-0.39, 0.29) is 10.8 Å². The maximum Gasteiger partial charge on any atom is 0.321 e. The molecule has 0 aromatic rings. The lowest BCUT2D eigenvalue weighted by atomic mass is 9.87. The van der Waals surface area contributed by atoms with Crippen LogP contribution in [0, 0.1) is 10.8 Å². The fraction of sp³-hybridized carbons (Fsp3) is 0.857. The van der Waals surface area contributed by atoms with Gasteiger partial charge in [0.1, 0.15) is 12.1 Å². The van der Waals surface area contributed by atoms with Crippen LogP contribution in [0.2, 0.25) is 0 Å². The van der Waals surface area contributed by atoms with Gasteiger partial charge in [0.25, 0.3) is 0 Å². The van der Waals surface area contributed by atoms with Crippen LogP contribution in [0.4, 0.5) is 0 Å². The minimum atomic E-state index is -0.927. The molecule has 24 heavy (non-hydrogen) atoms. The zero-order valence-electron chi connectivity index (χ0n) is 15.1. The Labute approximate surface area is 158 Å². The van der Waals surface area contributed by atoms with E-state index in [2.05, 4.69) is 12.5 Å². The highest BCUT2D eigenvalue weighted by Crippen LogP contribution is 2.24. The van der Waals surface area contributed by atoms with Crippen LogP contribution in [0.1, 0.15) is 27.7 Å². The van der Waals surface area contributed by atoms with E-state index < -0.39 is 24.0 Å². The van der Waals surface area contributed by atoms with Crippen LogP contribution in [-0.4, -0.2) is 62.5 Å². The molecule has 144 valence electrons. The van der Waals surface area contributed by atoms with E-state index in [0.29, 0.717) is 0 Å². The van der Waals surface area contributed by atoms with Gasteiger partial charge in [0.2, 0.25) is 0 Å². The second-order valence-electron chi connectivity index (χ2n) is 6.48. The lowest BCUT2D eigenvalue weighted by Crippen LogP contribution is -2.45. The minimum absolute atomic E-state index is 0.328. The number of nitrogens with two attached hydrogens (primary N) is 2. The largest absolute Gasteiger partial charge is 0.480 e. The Morgan fingerprint density at radius 3 is 1.21 bits per heavy atom. The molecule has 0 fully saturated rings. The molecule has 0 amide bonds. The fourth-order valence-corrected chi connectivity index (χ4v) is 3.44. The summed E-state index contributed by atoms with van der Waals surface area (Å²) in [7, 11) is 0. The molecule has 0 aromatic heterocycles. The number of rotatable bonds is 8. The molecule has 0 aliphatic carbocycles. The van der Waals surface area contributed by atoms with E-state index >= 15 is 0 Å². The van der Waals surface area contributed by atoms with Gasteiger partial charge in [-0.05, 0) is 23.3 Å². The molecule has 10 heteroatoms. The standard InChI is InChI=1S/2C7H15NO2S.OS/c2*1-7(2,4-11-3)5(8)6(9)10;1-2/h2*5H,4,8H2,1-3H3,(H,9,10);/t2*5-;/m11./s1. The first-order chi connectivity index (χ1) is 10.8. The molecule has 0 saturated carbocycles. The smallest absolute Gasteiger partial charge is 0.321 e. The summed E-state index contributed by atoms with van der Waals surface area (Å²) in [6, 6.07) is -1.54. The monoisotopic (exact) mass is 402 g/mol. The second kappa shape index (κ2) is 13.8. The van der Waals surface area contributed by atoms with Crippen molar-refractivity contribution in [2.75, 3.05) is 24.0 Å². The molecule has 0 aliphatic rings. The van der Waals surface area contributed by atoms with Gasteiger partial charge in [-0.25, -0.2) is 0 Å². The molecule has 0 spiro atoms. The van der Waals surface area contributed by atoms with Crippen molar-refractivity contribution in [2.24, 2.45) is 22.3 Å². The lowest BCUT2D eigenvalue weighted by Gasteiger charge is -2.27. The molecule has 0 aromatic carbocycles. The summed E-state index contributed by atoms with van der Waals surface area (Å²) in [5.74, 6) is -0.325. The molecule has 0 aliphatic heterocycles. The molecule has 0 saturated heterocycles. The Bertz CT molecular complexity index is 347. The Morgan fingerprint density at radius 2 is 1.08 bits per heavy atom. The predicted octanol–water partition coefficient (Wildman–Crippen LogP) is 1.24. The van der Waals surface area contributed by atoms with E-state index in [9.17, 15) is 9.59 Å². The number of hydrogen-bond acceptors (Lipinski definition) is 8. The zero-order chi connectivity index (χ0) is 20.1. The van der Waals surface area contributed by atoms with Crippen LogP contribution in [0.3, 0.4) is 0 Å². The quantitative estimate of drug-likeness (QED) is 0.468. The number of carboxylic acid groups (broad SMARTS) is 2. The van der Waals surface area contributed by atoms with Crippen molar-refractivity contribution >= 4 is 48.0 Å². The van der Waals surface area contributed by atoms with Gasteiger partial charge in [0, 0.05) is 11.5 Å². The van der Waals surface area contributed by atoms with Gasteiger partial charge in [0.05, 0.1) is 0 Å². The molecule has 0 rings (SSSR count). The van der Waals surface area contributed by atoms with E-state index in [4.69, 9.17) is 25.9 Å². The number of carbonyl (C=O) groups is 2. The molecule has 0 unspecified atom stereocenters. The van der Waals surface area contributed by atoms with Crippen molar-refractivity contribution in [3.05, 3.63) is 0 Å². The minimum Gasteiger partial charge on any atom is -0.480 e. The van der Waals surface area contributed by atoms with Crippen LogP contribution >= 0.6 is 23.5 Å². The highest BCUT2D eigenvalue weighted by Gasteiger charge is 2.31. The van der Waals surface area contributed by atoms with Crippen LogP contribution in [0.25, 0.3) is 0 Å². The molecule has 7 nitrogen and oxygen atoms in total. The first-order valence-electron chi connectivity index (χ1n) is 6.94. The summed E-state index contributed by atoms with van der Waals surface area (Å²) in [5.41, 5.74) is 10.3. The number of carboxylic acids is 2. The van der Waals surface area contributed by atoms with Crippen molar-refractivity contribution in [3.63, 3.8) is 0 Å². The predicted molar refractivity (Wildman–Crippen MR) is 104 cm³/mol. The Kier molecular flexibility index (Phi) is 16.4. The Balaban J connectivity index is -0.000000333. The maximum absolute atomic E-state index is 10.5. The topological polar surface area (TPSA) is 144 Å². The Morgan fingerprint density at radius 1 is 0.875 bits per heavy atom. The van der Waals surface area contributed by atoms with Gasteiger partial charge in [-0.15, -0.1) is 0 Å². The first kappa shape index (κ1) is 28.4. The van der Waals surface area contributed by atoms with Crippen molar-refractivity contribution in [1.82, 2.24) is 0 Å². The normalized spacial score (nSPS) is 13.5. The summed E-state index contributed by atoms with van der Waals surface area (Å²) in [4.78, 5) is 21.0. The van der Waals surface area contributed by atoms with Crippen LogP contribution < -0.4 is 11.5 Å². The van der Waals surface area contributed by atoms with Gasteiger partial charge in [-0.1, -0.05) is 27.7 Å². The summed E-state index contributed by atoms with van der Waals surface area (Å²) >= 11 is 6.06. The highest BCUT2D eigenvalue weighted by atomic mass is 32.2. The van der Waals surface area contributed by atoms with Gasteiger partial charge in [0.15, 0.2) is 12.5 Å². The van der Waals surface area contributed by atoms with Crippen molar-refractivity contribution < 1.29 is 24.0 Å². The molecular formula is C14H30N2O5S3. The van der Waals surface area contributed by atoms with Crippen LogP contribution in [-0.2, 0) is 22.1 Å². The highest BCUT2D eigenvalue weighted by molar-refractivity contribution is 7.98. The molecule has 0 bridgehead atoms. The molecule has 0 heterocycles. The third kappa shape index (κ3) is 12.0. The molecular weight excluding hydrogens is 372 g/mol.